The van der Waals surface area contributed by atoms with Crippen molar-refractivity contribution in [3.63, 3.8) is 0 Å². The Morgan fingerprint density at radius 3 is 2.08 bits per heavy atom. The zero-order chi connectivity index (χ0) is 29.5. The van der Waals surface area contributed by atoms with Crippen LogP contribution < -0.4 is 33.2 Å². The number of aliphatic carboxylic acids is 2. The van der Waals surface area contributed by atoms with Crippen LogP contribution in [-0.2, 0) is 30.4 Å². The molecule has 0 spiro atoms. The molecule has 39 heavy (non-hydrogen) atoms. The van der Waals surface area contributed by atoms with E-state index >= 15 is 0 Å². The van der Waals surface area contributed by atoms with E-state index in [9.17, 15) is 29.1 Å². The fraction of sp³-hybridized carbons (Fsp3) is 0.520. The molecule has 0 aliphatic heterocycles. The molecule has 0 saturated heterocycles. The lowest BCUT2D eigenvalue weighted by molar-refractivity contribution is -0.147. The molecule has 11 N–H and O–H groups in total. The maximum atomic E-state index is 13.3. The van der Waals surface area contributed by atoms with Crippen LogP contribution in [0.2, 0.25) is 0 Å². The number of hydrogen-bond donors (Lipinski definition) is 8. The van der Waals surface area contributed by atoms with Gasteiger partial charge < -0.3 is 43.4 Å². The van der Waals surface area contributed by atoms with E-state index in [4.69, 9.17) is 22.3 Å². The highest BCUT2D eigenvalue weighted by molar-refractivity contribution is 5.95. The van der Waals surface area contributed by atoms with E-state index in [2.05, 4.69) is 20.9 Å². The largest absolute Gasteiger partial charge is 0.481 e. The van der Waals surface area contributed by atoms with Gasteiger partial charge in [0.25, 0.3) is 0 Å². The maximum absolute atomic E-state index is 13.3. The van der Waals surface area contributed by atoms with Gasteiger partial charge in [-0.2, -0.15) is 0 Å². The number of aliphatic imine (C=N–C) groups is 1. The maximum Gasteiger partial charge on any atom is 0.326 e. The van der Waals surface area contributed by atoms with Gasteiger partial charge in [-0.05, 0) is 24.3 Å². The van der Waals surface area contributed by atoms with Crippen LogP contribution in [0, 0.1) is 5.92 Å². The highest BCUT2D eigenvalue weighted by Crippen LogP contribution is 2.11. The summed E-state index contributed by atoms with van der Waals surface area (Å²) in [6.07, 6.45) is 0.347. The van der Waals surface area contributed by atoms with E-state index in [1.165, 1.54) is 0 Å². The minimum absolute atomic E-state index is 0.0106. The number of hydrogen-bond acceptors (Lipinski definition) is 7. The molecular weight excluding hydrogens is 510 g/mol. The third-order valence-electron chi connectivity index (χ3n) is 6.01. The predicted octanol–water partition coefficient (Wildman–Crippen LogP) is -1.33. The van der Waals surface area contributed by atoms with Gasteiger partial charge in [0.1, 0.15) is 18.1 Å². The van der Waals surface area contributed by atoms with Gasteiger partial charge in [0.2, 0.25) is 17.7 Å². The SMILES string of the molecule is CCC(C)C(NC(=O)C(N)CCCN=C(N)N)C(=O)NC(Cc1ccccc1)C(=O)NC(CC(=O)O)C(=O)O. The molecule has 5 atom stereocenters. The van der Waals surface area contributed by atoms with Crippen LogP contribution in [0.1, 0.15) is 45.1 Å². The summed E-state index contributed by atoms with van der Waals surface area (Å²) in [4.78, 5) is 65.5. The third kappa shape index (κ3) is 12.3. The molecule has 0 aromatic heterocycles. The fourth-order valence-electron chi connectivity index (χ4n) is 3.58. The average Bonchev–Trinajstić information content (AvgIpc) is 2.88. The first-order valence-corrected chi connectivity index (χ1v) is 12.6. The lowest BCUT2D eigenvalue weighted by Crippen LogP contribution is -2.59. The molecule has 0 saturated carbocycles. The number of carbonyl (C=O) groups excluding carboxylic acids is 3. The molecule has 1 rings (SSSR count). The summed E-state index contributed by atoms with van der Waals surface area (Å²) in [6.45, 7) is 3.85. The van der Waals surface area contributed by atoms with Gasteiger partial charge in [-0.25, -0.2) is 4.79 Å². The standard InChI is InChI=1S/C25H39N7O7/c1-3-14(2)20(32-21(35)16(26)10-7-11-29-25(27)28)23(37)30-17(12-15-8-5-4-6-9-15)22(36)31-18(24(38)39)13-19(33)34/h4-6,8-9,14,16-18,20H,3,7,10-13,26H2,1-2H3,(H,30,37)(H,31,36)(H,32,35)(H,33,34)(H,38,39)(H4,27,28,29). The van der Waals surface area contributed by atoms with Gasteiger partial charge in [0.15, 0.2) is 5.96 Å². The van der Waals surface area contributed by atoms with Crippen molar-refractivity contribution in [3.05, 3.63) is 35.9 Å². The molecule has 5 unspecified atom stereocenters. The average molecular weight is 550 g/mol. The smallest absolute Gasteiger partial charge is 0.326 e. The van der Waals surface area contributed by atoms with Crippen molar-refractivity contribution < 1.29 is 34.2 Å². The second-order valence-corrected chi connectivity index (χ2v) is 9.18. The Bertz CT molecular complexity index is 1020. The van der Waals surface area contributed by atoms with Crippen molar-refractivity contribution in [2.75, 3.05) is 6.54 Å². The van der Waals surface area contributed by atoms with Gasteiger partial charge in [0, 0.05) is 13.0 Å². The van der Waals surface area contributed by atoms with Gasteiger partial charge in [-0.3, -0.25) is 24.2 Å². The number of nitrogens with one attached hydrogen (secondary N) is 3. The molecule has 3 amide bonds. The third-order valence-corrected chi connectivity index (χ3v) is 6.01. The number of benzene rings is 1. The van der Waals surface area contributed by atoms with Gasteiger partial charge in [-0.1, -0.05) is 50.6 Å². The van der Waals surface area contributed by atoms with Crippen molar-refractivity contribution in [2.24, 2.45) is 28.1 Å². The molecule has 14 heteroatoms. The number of amides is 3. The van der Waals surface area contributed by atoms with E-state index < -0.39 is 60.2 Å². The molecule has 1 aromatic rings. The highest BCUT2D eigenvalue weighted by atomic mass is 16.4. The van der Waals surface area contributed by atoms with Gasteiger partial charge in [0.05, 0.1) is 12.5 Å². The van der Waals surface area contributed by atoms with E-state index in [1.807, 2.05) is 6.92 Å². The van der Waals surface area contributed by atoms with Crippen molar-refractivity contribution in [3.8, 4) is 0 Å². The van der Waals surface area contributed by atoms with Crippen molar-refractivity contribution in [2.45, 2.75) is 70.1 Å². The quantitative estimate of drug-likeness (QED) is 0.0645. The second kappa shape index (κ2) is 16.6. The van der Waals surface area contributed by atoms with E-state index in [0.717, 1.165) is 0 Å². The molecule has 0 aliphatic carbocycles. The zero-order valence-electron chi connectivity index (χ0n) is 22.1. The Kier molecular flexibility index (Phi) is 14.0. The molecule has 0 heterocycles. The first kappa shape index (κ1) is 32.8. The minimum Gasteiger partial charge on any atom is -0.481 e. The van der Waals surface area contributed by atoms with Crippen LogP contribution in [0.25, 0.3) is 0 Å². The molecule has 216 valence electrons. The second-order valence-electron chi connectivity index (χ2n) is 9.18. The van der Waals surface area contributed by atoms with E-state index in [-0.39, 0.29) is 31.3 Å². The molecule has 1 aromatic carbocycles. The van der Waals surface area contributed by atoms with Gasteiger partial charge in [-0.15, -0.1) is 0 Å². The molecule has 14 nitrogen and oxygen atoms in total. The number of guanidine groups is 1. The molecule has 0 fully saturated rings. The van der Waals surface area contributed by atoms with Crippen molar-refractivity contribution in [1.29, 1.82) is 0 Å². The fourth-order valence-corrected chi connectivity index (χ4v) is 3.58. The summed E-state index contributed by atoms with van der Waals surface area (Å²) in [7, 11) is 0. The Labute approximate surface area is 226 Å². The topological polar surface area (TPSA) is 252 Å². The zero-order valence-corrected chi connectivity index (χ0v) is 22.1. The predicted molar refractivity (Wildman–Crippen MR) is 143 cm³/mol. The summed E-state index contributed by atoms with van der Waals surface area (Å²) in [6, 6.07) is 3.71. The molecule has 0 aliphatic rings. The summed E-state index contributed by atoms with van der Waals surface area (Å²) < 4.78 is 0. The number of carboxylic acids is 2. The highest BCUT2D eigenvalue weighted by Gasteiger charge is 2.33. The lowest BCUT2D eigenvalue weighted by Gasteiger charge is -2.28. The molecular formula is C25H39N7O7. The van der Waals surface area contributed by atoms with Crippen LogP contribution in [0.5, 0.6) is 0 Å². The number of carboxylic acid groups (broad SMARTS) is 2. The first-order chi connectivity index (χ1) is 18.3. The summed E-state index contributed by atoms with van der Waals surface area (Å²) in [5.41, 5.74) is 17.2. The summed E-state index contributed by atoms with van der Waals surface area (Å²) >= 11 is 0. The van der Waals surface area contributed by atoms with Crippen LogP contribution in [0.4, 0.5) is 0 Å². The lowest BCUT2D eigenvalue weighted by atomic mass is 9.96. The van der Waals surface area contributed by atoms with E-state index in [1.54, 1.807) is 37.3 Å². The Morgan fingerprint density at radius 1 is 0.923 bits per heavy atom. The number of rotatable bonds is 17. The molecule has 0 bridgehead atoms. The monoisotopic (exact) mass is 549 g/mol. The van der Waals surface area contributed by atoms with Crippen LogP contribution in [0.15, 0.2) is 35.3 Å². The number of nitrogens with two attached hydrogens (primary N) is 3. The summed E-state index contributed by atoms with van der Waals surface area (Å²) in [5.74, 6) is -5.50. The molecule has 0 radical (unpaired) electrons. The normalized spacial score (nSPS) is 14.5. The van der Waals surface area contributed by atoms with E-state index in [0.29, 0.717) is 18.4 Å². The first-order valence-electron chi connectivity index (χ1n) is 12.6. The minimum atomic E-state index is -1.70. The Hall–Kier alpha value is -4.20. The summed E-state index contributed by atoms with van der Waals surface area (Å²) in [5, 5.41) is 25.7. The number of nitrogens with zero attached hydrogens (tertiary/aromatic N) is 1. The van der Waals surface area contributed by atoms with Crippen molar-refractivity contribution >= 4 is 35.6 Å². The number of carbonyl (C=O) groups is 5. The van der Waals surface area contributed by atoms with Crippen LogP contribution >= 0.6 is 0 Å². The van der Waals surface area contributed by atoms with Gasteiger partial charge >= 0.3 is 11.9 Å². The van der Waals surface area contributed by atoms with Crippen LogP contribution in [0.3, 0.4) is 0 Å². The Morgan fingerprint density at radius 2 is 1.54 bits per heavy atom. The van der Waals surface area contributed by atoms with Crippen LogP contribution in [-0.4, -0.2) is 76.5 Å². The Balaban J connectivity index is 3.07. The van der Waals surface area contributed by atoms with Crippen molar-refractivity contribution in [1.82, 2.24) is 16.0 Å².